The van der Waals surface area contributed by atoms with Crippen LogP contribution in [0.3, 0.4) is 0 Å². The van der Waals surface area contributed by atoms with Crippen LogP contribution in [0.4, 0.5) is 4.39 Å². The minimum Gasteiger partial charge on any atom is -0.386 e. The zero-order valence-corrected chi connectivity index (χ0v) is 12.3. The largest absolute Gasteiger partial charge is 0.386 e. The van der Waals surface area contributed by atoms with Crippen molar-refractivity contribution in [2.45, 2.75) is 25.0 Å². The number of hydrogen-bond donors (Lipinski definition) is 3. The highest BCUT2D eigenvalue weighted by atomic mass is 35.5. The number of halogens is 2. The van der Waals surface area contributed by atoms with E-state index in [0.717, 1.165) is 19.4 Å². The molecule has 1 aromatic rings. The Morgan fingerprint density at radius 2 is 2.43 bits per heavy atom. The summed E-state index contributed by atoms with van der Waals surface area (Å²) in [6.45, 7) is 1.43. The van der Waals surface area contributed by atoms with Gasteiger partial charge in [0.2, 0.25) is 0 Å². The summed E-state index contributed by atoms with van der Waals surface area (Å²) in [7, 11) is 0. The van der Waals surface area contributed by atoms with Gasteiger partial charge in [-0.1, -0.05) is 17.7 Å². The van der Waals surface area contributed by atoms with Gasteiger partial charge in [-0.15, -0.1) is 0 Å². The van der Waals surface area contributed by atoms with E-state index in [4.69, 9.17) is 22.1 Å². The van der Waals surface area contributed by atoms with Gasteiger partial charge in [-0.05, 0) is 30.5 Å². The summed E-state index contributed by atoms with van der Waals surface area (Å²) >= 11 is 5.59. The number of ether oxygens (including phenoxy) is 1. The number of nitrogens with two attached hydrogens (primary N) is 1. The SMILES string of the molecule is NC(=NCC(O)c1ccc(Cl)c(F)c1)NCC1CCCO1. The number of aliphatic hydroxyl groups is 1. The van der Waals surface area contributed by atoms with Crippen molar-refractivity contribution >= 4 is 17.6 Å². The van der Waals surface area contributed by atoms with E-state index in [1.807, 2.05) is 0 Å². The van der Waals surface area contributed by atoms with Crippen LogP contribution in [0.15, 0.2) is 23.2 Å². The van der Waals surface area contributed by atoms with Gasteiger partial charge in [0.15, 0.2) is 5.96 Å². The zero-order chi connectivity index (χ0) is 15.2. The van der Waals surface area contributed by atoms with E-state index in [2.05, 4.69) is 10.3 Å². The number of hydrogen-bond acceptors (Lipinski definition) is 3. The highest BCUT2D eigenvalue weighted by molar-refractivity contribution is 6.30. The molecule has 4 N–H and O–H groups in total. The van der Waals surface area contributed by atoms with Gasteiger partial charge in [-0.2, -0.15) is 0 Å². The number of benzene rings is 1. The average molecular weight is 316 g/mol. The minimum absolute atomic E-state index is 0.0206. The summed E-state index contributed by atoms with van der Waals surface area (Å²) in [5, 5.41) is 12.9. The van der Waals surface area contributed by atoms with Crippen LogP contribution >= 0.6 is 11.6 Å². The van der Waals surface area contributed by atoms with Gasteiger partial charge < -0.3 is 20.9 Å². The molecule has 2 unspecified atom stereocenters. The molecule has 1 aromatic carbocycles. The van der Waals surface area contributed by atoms with Crippen molar-refractivity contribution in [1.82, 2.24) is 5.32 Å². The van der Waals surface area contributed by atoms with Crippen LogP contribution in [0.25, 0.3) is 0 Å². The van der Waals surface area contributed by atoms with Gasteiger partial charge in [0.25, 0.3) is 0 Å². The number of nitrogens with zero attached hydrogens (tertiary/aromatic N) is 1. The normalized spacial score (nSPS) is 20.5. The van der Waals surface area contributed by atoms with Crippen LogP contribution in [0, 0.1) is 5.82 Å². The van der Waals surface area contributed by atoms with Crippen molar-refractivity contribution in [2.75, 3.05) is 19.7 Å². The lowest BCUT2D eigenvalue weighted by Gasteiger charge is -2.12. The Morgan fingerprint density at radius 1 is 1.62 bits per heavy atom. The first-order chi connectivity index (χ1) is 10.1. The molecule has 21 heavy (non-hydrogen) atoms. The van der Waals surface area contributed by atoms with E-state index in [1.165, 1.54) is 12.1 Å². The third kappa shape index (κ3) is 4.84. The zero-order valence-electron chi connectivity index (χ0n) is 11.6. The first-order valence-corrected chi connectivity index (χ1v) is 7.22. The summed E-state index contributed by atoms with van der Waals surface area (Å²) in [4.78, 5) is 4.04. The van der Waals surface area contributed by atoms with Crippen LogP contribution in [0.5, 0.6) is 0 Å². The molecule has 0 amide bonds. The second-order valence-electron chi connectivity index (χ2n) is 4.93. The first kappa shape index (κ1) is 16.0. The quantitative estimate of drug-likeness (QED) is 0.569. The summed E-state index contributed by atoms with van der Waals surface area (Å²) in [6.07, 6.45) is 1.30. The standard InChI is InChI=1S/C14H19ClFN3O2/c15-11-4-3-9(6-12(11)16)13(20)8-19-14(17)18-7-10-2-1-5-21-10/h3-4,6,10,13,20H,1-2,5,7-8H2,(H3,17,18,19). The third-order valence-corrected chi connectivity index (χ3v) is 3.60. The molecule has 0 saturated carbocycles. The number of guanidine groups is 1. The fourth-order valence-electron chi connectivity index (χ4n) is 2.09. The van der Waals surface area contributed by atoms with Crippen LogP contribution in [-0.4, -0.2) is 36.9 Å². The molecular formula is C14H19ClFN3O2. The molecule has 0 aromatic heterocycles. The van der Waals surface area contributed by atoms with E-state index < -0.39 is 11.9 Å². The van der Waals surface area contributed by atoms with Crippen molar-refractivity contribution in [3.63, 3.8) is 0 Å². The van der Waals surface area contributed by atoms with E-state index in [-0.39, 0.29) is 23.6 Å². The molecule has 0 bridgehead atoms. The van der Waals surface area contributed by atoms with Crippen molar-refractivity contribution in [3.8, 4) is 0 Å². The molecule has 1 fully saturated rings. The van der Waals surface area contributed by atoms with E-state index in [1.54, 1.807) is 6.07 Å². The van der Waals surface area contributed by atoms with Crippen LogP contribution in [-0.2, 0) is 4.74 Å². The molecule has 1 aliphatic heterocycles. The molecule has 0 aliphatic carbocycles. The summed E-state index contributed by atoms with van der Waals surface area (Å²) in [5.41, 5.74) is 6.12. The summed E-state index contributed by atoms with van der Waals surface area (Å²) < 4.78 is 18.7. The Balaban J connectivity index is 1.82. The second kappa shape index (κ2) is 7.59. The predicted molar refractivity (Wildman–Crippen MR) is 79.8 cm³/mol. The smallest absolute Gasteiger partial charge is 0.188 e. The second-order valence-corrected chi connectivity index (χ2v) is 5.34. The third-order valence-electron chi connectivity index (χ3n) is 3.30. The molecular weight excluding hydrogens is 297 g/mol. The molecule has 2 atom stereocenters. The number of aliphatic hydroxyl groups excluding tert-OH is 1. The summed E-state index contributed by atoms with van der Waals surface area (Å²) in [6, 6.07) is 4.15. The molecule has 1 heterocycles. The Labute approximate surface area is 128 Å². The van der Waals surface area contributed by atoms with Gasteiger partial charge in [0.05, 0.1) is 23.8 Å². The molecule has 116 valence electrons. The maximum Gasteiger partial charge on any atom is 0.188 e. The Bertz CT molecular complexity index is 507. The first-order valence-electron chi connectivity index (χ1n) is 6.84. The molecule has 0 radical (unpaired) electrons. The monoisotopic (exact) mass is 315 g/mol. The van der Waals surface area contributed by atoms with Gasteiger partial charge in [0.1, 0.15) is 5.82 Å². The minimum atomic E-state index is -0.931. The van der Waals surface area contributed by atoms with Gasteiger partial charge in [0, 0.05) is 13.2 Å². The number of rotatable bonds is 5. The van der Waals surface area contributed by atoms with E-state index >= 15 is 0 Å². The number of nitrogens with one attached hydrogen (secondary N) is 1. The highest BCUT2D eigenvalue weighted by Crippen LogP contribution is 2.20. The predicted octanol–water partition coefficient (Wildman–Crippen LogP) is 1.60. The number of aliphatic imine (C=N–C) groups is 1. The Kier molecular flexibility index (Phi) is 5.78. The average Bonchev–Trinajstić information content (AvgIpc) is 2.98. The van der Waals surface area contributed by atoms with Crippen LogP contribution in [0.2, 0.25) is 5.02 Å². The Morgan fingerprint density at radius 3 is 3.10 bits per heavy atom. The fraction of sp³-hybridized carbons (Fsp3) is 0.500. The van der Waals surface area contributed by atoms with Gasteiger partial charge in [-0.25, -0.2) is 4.39 Å². The topological polar surface area (TPSA) is 79.9 Å². The molecule has 2 rings (SSSR count). The maximum absolute atomic E-state index is 13.3. The molecule has 5 nitrogen and oxygen atoms in total. The molecule has 7 heteroatoms. The van der Waals surface area contributed by atoms with Crippen molar-refractivity contribution in [2.24, 2.45) is 10.7 Å². The van der Waals surface area contributed by atoms with Gasteiger partial charge in [-0.3, -0.25) is 4.99 Å². The van der Waals surface area contributed by atoms with Crippen LogP contribution in [0.1, 0.15) is 24.5 Å². The molecule has 1 aliphatic rings. The van der Waals surface area contributed by atoms with E-state index in [0.29, 0.717) is 12.1 Å². The lowest BCUT2D eigenvalue weighted by Crippen LogP contribution is -2.37. The van der Waals surface area contributed by atoms with Crippen LogP contribution < -0.4 is 11.1 Å². The maximum atomic E-state index is 13.3. The molecule has 1 saturated heterocycles. The van der Waals surface area contributed by atoms with Crippen molar-refractivity contribution < 1.29 is 14.2 Å². The Hall–Kier alpha value is -1.37. The van der Waals surface area contributed by atoms with Gasteiger partial charge >= 0.3 is 0 Å². The fourth-order valence-corrected chi connectivity index (χ4v) is 2.21. The lowest BCUT2D eigenvalue weighted by atomic mass is 10.1. The van der Waals surface area contributed by atoms with Crippen molar-refractivity contribution in [1.29, 1.82) is 0 Å². The lowest BCUT2D eigenvalue weighted by molar-refractivity contribution is 0.114. The van der Waals surface area contributed by atoms with E-state index in [9.17, 15) is 9.50 Å². The summed E-state index contributed by atoms with van der Waals surface area (Å²) in [5.74, 6) is -0.333. The highest BCUT2D eigenvalue weighted by Gasteiger charge is 2.15. The molecule has 0 spiro atoms. The van der Waals surface area contributed by atoms with Crippen molar-refractivity contribution in [3.05, 3.63) is 34.6 Å².